The highest BCUT2D eigenvalue weighted by Gasteiger charge is 2.48. The van der Waals surface area contributed by atoms with E-state index in [1.54, 1.807) is 4.90 Å². The fraction of sp³-hybridized carbons (Fsp3) is 0.440. The SMILES string of the molecule is C=C1CC(N2CC3(CCC(c4nc5ccc(OC(F)(F)F)cc5[nH]4)CC3)OC2=O)=CC=CC1C. The summed E-state index contributed by atoms with van der Waals surface area (Å²) >= 11 is 0. The summed E-state index contributed by atoms with van der Waals surface area (Å²) in [7, 11) is 0. The van der Waals surface area contributed by atoms with Crippen LogP contribution in [0.4, 0.5) is 18.0 Å². The summed E-state index contributed by atoms with van der Waals surface area (Å²) in [5, 5.41) is 0. The van der Waals surface area contributed by atoms with Gasteiger partial charge >= 0.3 is 12.5 Å². The van der Waals surface area contributed by atoms with Crippen molar-refractivity contribution < 1.29 is 27.4 Å². The lowest BCUT2D eigenvalue weighted by Crippen LogP contribution is -2.38. The standard InChI is InChI=1S/C25H26F3N3O3/c1-15-4-3-5-18(12-16(15)2)31-14-24(34-23(31)32)10-8-17(9-11-24)22-29-20-7-6-19(13-21(20)30-22)33-25(26,27)28/h3-7,13,15,17H,2,8-12,14H2,1H3,(H,29,30). The molecule has 0 radical (unpaired) electrons. The summed E-state index contributed by atoms with van der Waals surface area (Å²) in [6.07, 6.45) is 4.50. The van der Waals surface area contributed by atoms with Gasteiger partial charge in [0.1, 0.15) is 17.2 Å². The van der Waals surface area contributed by atoms with Crippen LogP contribution >= 0.6 is 0 Å². The van der Waals surface area contributed by atoms with Crippen LogP contribution in [-0.4, -0.2) is 39.5 Å². The molecule has 0 bridgehead atoms. The number of aromatic amines is 1. The first-order valence-corrected chi connectivity index (χ1v) is 11.4. The number of nitrogens with zero attached hydrogens (tertiary/aromatic N) is 2. The van der Waals surface area contributed by atoms with Gasteiger partial charge < -0.3 is 14.5 Å². The van der Waals surface area contributed by atoms with E-state index in [1.165, 1.54) is 18.2 Å². The molecule has 6 nitrogen and oxygen atoms in total. The van der Waals surface area contributed by atoms with E-state index in [2.05, 4.69) is 34.3 Å². The number of nitrogens with one attached hydrogen (secondary N) is 1. The second-order valence-electron chi connectivity index (χ2n) is 9.43. The lowest BCUT2D eigenvalue weighted by atomic mass is 9.78. The molecule has 34 heavy (non-hydrogen) atoms. The van der Waals surface area contributed by atoms with Crippen molar-refractivity contribution in [3.63, 3.8) is 0 Å². The molecule has 2 heterocycles. The average Bonchev–Trinajstić information content (AvgIpc) is 3.27. The number of alkyl halides is 3. The molecule has 1 atom stereocenters. The van der Waals surface area contributed by atoms with Crippen LogP contribution < -0.4 is 4.74 Å². The second-order valence-corrected chi connectivity index (χ2v) is 9.43. The number of halogens is 3. The van der Waals surface area contributed by atoms with E-state index < -0.39 is 12.0 Å². The fourth-order valence-electron chi connectivity index (χ4n) is 5.03. The number of H-pyrrole nitrogens is 1. The van der Waals surface area contributed by atoms with Crippen LogP contribution in [0.15, 0.2) is 54.3 Å². The Hall–Kier alpha value is -3.23. The van der Waals surface area contributed by atoms with Crippen molar-refractivity contribution in [1.29, 1.82) is 0 Å². The van der Waals surface area contributed by atoms with Crippen LogP contribution in [0.5, 0.6) is 5.75 Å². The number of benzene rings is 1. The summed E-state index contributed by atoms with van der Waals surface area (Å²) in [5.41, 5.74) is 2.52. The highest BCUT2D eigenvalue weighted by Crippen LogP contribution is 2.44. The summed E-state index contributed by atoms with van der Waals surface area (Å²) in [5.74, 6) is 0.822. The smallest absolute Gasteiger partial charge is 0.441 e. The maximum absolute atomic E-state index is 12.7. The Labute approximate surface area is 195 Å². The zero-order chi connectivity index (χ0) is 24.1. The van der Waals surface area contributed by atoms with Gasteiger partial charge in [-0.15, -0.1) is 13.2 Å². The Morgan fingerprint density at radius 1 is 1.29 bits per heavy atom. The molecule has 1 amide bonds. The Kier molecular flexibility index (Phi) is 5.45. The van der Waals surface area contributed by atoms with Crippen LogP contribution in [0, 0.1) is 5.92 Å². The summed E-state index contributed by atoms with van der Waals surface area (Å²) < 4.78 is 47.4. The molecule has 2 aromatic rings. The van der Waals surface area contributed by atoms with Gasteiger partial charge in [0, 0.05) is 24.1 Å². The molecule has 9 heteroatoms. The van der Waals surface area contributed by atoms with Gasteiger partial charge in [-0.3, -0.25) is 4.90 Å². The molecule has 1 aromatic heterocycles. The van der Waals surface area contributed by atoms with Gasteiger partial charge in [0.05, 0.1) is 17.6 Å². The van der Waals surface area contributed by atoms with Gasteiger partial charge in [-0.2, -0.15) is 0 Å². The third kappa shape index (κ3) is 4.43. The lowest BCUT2D eigenvalue weighted by molar-refractivity contribution is -0.274. The molecule has 1 saturated heterocycles. The van der Waals surface area contributed by atoms with Crippen LogP contribution in [0.3, 0.4) is 0 Å². The molecule has 1 aliphatic heterocycles. The van der Waals surface area contributed by atoms with Crippen molar-refractivity contribution in [2.24, 2.45) is 5.92 Å². The van der Waals surface area contributed by atoms with Crippen LogP contribution in [0.1, 0.15) is 50.8 Å². The maximum atomic E-state index is 12.7. The quantitative estimate of drug-likeness (QED) is 0.528. The van der Waals surface area contributed by atoms with Crippen molar-refractivity contribution in [2.75, 3.05) is 6.54 Å². The largest absolute Gasteiger partial charge is 0.573 e. The van der Waals surface area contributed by atoms with E-state index in [0.29, 0.717) is 36.8 Å². The molecular weight excluding hydrogens is 447 g/mol. The normalized spacial score (nSPS) is 27.8. The Bertz CT molecular complexity index is 1190. The zero-order valence-electron chi connectivity index (χ0n) is 18.8. The minimum absolute atomic E-state index is 0.110. The number of hydrogen-bond acceptors (Lipinski definition) is 4. The van der Waals surface area contributed by atoms with E-state index >= 15 is 0 Å². The van der Waals surface area contributed by atoms with Crippen LogP contribution in [-0.2, 0) is 4.74 Å². The number of ether oxygens (including phenoxy) is 2. The Morgan fingerprint density at radius 3 is 2.79 bits per heavy atom. The van der Waals surface area contributed by atoms with Gasteiger partial charge in [-0.1, -0.05) is 31.2 Å². The Morgan fingerprint density at radius 2 is 2.06 bits per heavy atom. The number of aromatic nitrogens is 2. The third-order valence-corrected chi connectivity index (χ3v) is 7.05. The molecular formula is C25H26F3N3O3. The van der Waals surface area contributed by atoms with E-state index in [-0.39, 0.29) is 23.7 Å². The first kappa shape index (κ1) is 22.6. The Balaban J connectivity index is 1.26. The number of rotatable bonds is 3. The van der Waals surface area contributed by atoms with E-state index in [4.69, 9.17) is 4.74 Å². The number of fused-ring (bicyclic) bond motifs is 1. The summed E-state index contributed by atoms with van der Waals surface area (Å²) in [4.78, 5) is 22.2. The number of hydrogen-bond donors (Lipinski definition) is 1. The zero-order valence-corrected chi connectivity index (χ0v) is 18.8. The monoisotopic (exact) mass is 473 g/mol. The molecule has 180 valence electrons. The molecule has 1 unspecified atom stereocenters. The highest BCUT2D eigenvalue weighted by atomic mass is 19.4. The third-order valence-electron chi connectivity index (χ3n) is 7.05. The maximum Gasteiger partial charge on any atom is 0.573 e. The number of imidazole rings is 1. The van der Waals surface area contributed by atoms with Crippen molar-refractivity contribution in [3.8, 4) is 5.75 Å². The topological polar surface area (TPSA) is 67.5 Å². The van der Waals surface area contributed by atoms with E-state index in [1.807, 2.05) is 12.2 Å². The number of carbonyl (C=O) groups is 1. The predicted molar refractivity (Wildman–Crippen MR) is 120 cm³/mol. The van der Waals surface area contributed by atoms with Crippen molar-refractivity contribution >= 4 is 17.1 Å². The molecule has 2 fully saturated rings. The van der Waals surface area contributed by atoms with Crippen molar-refractivity contribution in [3.05, 3.63) is 60.1 Å². The molecule has 3 aliphatic rings. The minimum atomic E-state index is -4.74. The molecule has 1 aromatic carbocycles. The number of allylic oxidation sites excluding steroid dienone is 4. The second kappa shape index (κ2) is 8.21. The number of amides is 1. The molecule has 1 N–H and O–H groups in total. The van der Waals surface area contributed by atoms with Gasteiger partial charge in [-0.25, -0.2) is 9.78 Å². The lowest BCUT2D eigenvalue weighted by Gasteiger charge is -2.34. The van der Waals surface area contributed by atoms with Gasteiger partial charge in [0.25, 0.3) is 0 Å². The van der Waals surface area contributed by atoms with E-state index in [0.717, 1.165) is 29.9 Å². The van der Waals surface area contributed by atoms with Crippen molar-refractivity contribution in [2.45, 2.75) is 56.9 Å². The van der Waals surface area contributed by atoms with Gasteiger partial charge in [0.2, 0.25) is 0 Å². The van der Waals surface area contributed by atoms with Crippen LogP contribution in [0.25, 0.3) is 11.0 Å². The molecule has 1 spiro atoms. The highest BCUT2D eigenvalue weighted by molar-refractivity contribution is 5.77. The summed E-state index contributed by atoms with van der Waals surface area (Å²) in [6, 6.07) is 4.08. The molecule has 1 saturated carbocycles. The average molecular weight is 473 g/mol. The predicted octanol–water partition coefficient (Wildman–Crippen LogP) is 6.35. The van der Waals surface area contributed by atoms with Crippen molar-refractivity contribution in [1.82, 2.24) is 14.9 Å². The molecule has 5 rings (SSSR count). The van der Waals surface area contributed by atoms with Crippen LogP contribution in [0.2, 0.25) is 0 Å². The first-order valence-electron chi connectivity index (χ1n) is 11.4. The minimum Gasteiger partial charge on any atom is -0.441 e. The number of carbonyl (C=O) groups excluding carboxylic acids is 1. The summed E-state index contributed by atoms with van der Waals surface area (Å²) in [6.45, 7) is 6.74. The van der Waals surface area contributed by atoms with E-state index in [9.17, 15) is 18.0 Å². The first-order chi connectivity index (χ1) is 16.1. The van der Waals surface area contributed by atoms with Gasteiger partial charge in [-0.05, 0) is 49.8 Å². The van der Waals surface area contributed by atoms with Gasteiger partial charge in [0.15, 0.2) is 0 Å². The fourth-order valence-corrected chi connectivity index (χ4v) is 5.03. The molecule has 2 aliphatic carbocycles.